The number of hydrogen-bond donors (Lipinski definition) is 1. The van der Waals surface area contributed by atoms with Crippen LogP contribution in [0.15, 0.2) is 30.3 Å². The fraction of sp³-hybridized carbons (Fsp3) is 0.471. The Bertz CT molecular complexity index is 621. The molecule has 21 heavy (non-hydrogen) atoms. The molecule has 0 saturated carbocycles. The second-order valence-corrected chi connectivity index (χ2v) is 5.66. The van der Waals surface area contributed by atoms with Crippen molar-refractivity contribution in [2.24, 2.45) is 7.05 Å². The van der Waals surface area contributed by atoms with Crippen LogP contribution in [0.3, 0.4) is 0 Å². The molecule has 2 unspecified atom stereocenters. The maximum absolute atomic E-state index is 10.6. The Hall–Kier alpha value is -1.81. The minimum atomic E-state index is -0.487. The number of para-hydroxylation sites is 1. The Morgan fingerprint density at radius 3 is 3.00 bits per heavy atom. The van der Waals surface area contributed by atoms with Crippen molar-refractivity contribution in [3.63, 3.8) is 0 Å². The maximum atomic E-state index is 10.6. The van der Waals surface area contributed by atoms with Crippen LogP contribution in [-0.2, 0) is 13.5 Å². The Morgan fingerprint density at radius 2 is 2.24 bits per heavy atom. The first-order chi connectivity index (χ1) is 10.2. The molecule has 0 radical (unpaired) electrons. The molecule has 0 spiro atoms. The molecule has 0 amide bonds. The predicted molar refractivity (Wildman–Crippen MR) is 81.5 cm³/mol. The van der Waals surface area contributed by atoms with Crippen molar-refractivity contribution < 1.29 is 9.84 Å². The first-order valence-electron chi connectivity index (χ1n) is 7.61. The number of aryl methyl sites for hydroxylation is 2. The Balaban J connectivity index is 1.79. The number of benzene rings is 1. The number of nitrogens with zero attached hydrogens (tertiary/aromatic N) is 2. The Morgan fingerprint density at radius 1 is 1.43 bits per heavy atom. The minimum absolute atomic E-state index is 0.338. The molecule has 3 rings (SSSR count). The highest BCUT2D eigenvalue weighted by atomic mass is 16.5. The molecule has 4 heteroatoms. The summed E-state index contributed by atoms with van der Waals surface area (Å²) < 4.78 is 7.49. The third-order valence-electron chi connectivity index (χ3n) is 4.26. The molecule has 2 aromatic rings. The lowest BCUT2D eigenvalue weighted by Gasteiger charge is -2.27. The lowest BCUT2D eigenvalue weighted by Crippen LogP contribution is -2.17. The van der Waals surface area contributed by atoms with E-state index in [1.807, 2.05) is 31.3 Å². The number of rotatable bonds is 4. The van der Waals surface area contributed by atoms with Crippen LogP contribution in [0.25, 0.3) is 0 Å². The minimum Gasteiger partial charge on any atom is -0.493 e. The van der Waals surface area contributed by atoms with Crippen molar-refractivity contribution in [1.29, 1.82) is 0 Å². The molecule has 0 saturated heterocycles. The highest BCUT2D eigenvalue weighted by molar-refractivity contribution is 5.38. The Labute approximate surface area is 125 Å². The van der Waals surface area contributed by atoms with Gasteiger partial charge in [0, 0.05) is 7.05 Å². The zero-order valence-corrected chi connectivity index (χ0v) is 12.6. The van der Waals surface area contributed by atoms with Crippen LogP contribution in [0.2, 0.25) is 0 Å². The molecule has 1 aromatic carbocycles. The average molecular weight is 286 g/mol. The molecule has 1 aliphatic rings. The molecule has 1 aliphatic heterocycles. The van der Waals surface area contributed by atoms with E-state index in [4.69, 9.17) is 4.74 Å². The Kier molecular flexibility index (Phi) is 3.97. The van der Waals surface area contributed by atoms with Crippen LogP contribution in [-0.4, -0.2) is 21.5 Å². The summed E-state index contributed by atoms with van der Waals surface area (Å²) in [6.07, 6.45) is 2.06. The highest BCUT2D eigenvalue weighted by Crippen LogP contribution is 2.38. The number of aromatic nitrogens is 2. The van der Waals surface area contributed by atoms with Crippen LogP contribution in [0, 0.1) is 0 Å². The smallest absolute Gasteiger partial charge is 0.122 e. The van der Waals surface area contributed by atoms with E-state index in [0.717, 1.165) is 36.6 Å². The lowest BCUT2D eigenvalue weighted by molar-refractivity contribution is 0.137. The zero-order valence-electron chi connectivity index (χ0n) is 12.6. The van der Waals surface area contributed by atoms with Gasteiger partial charge in [0.1, 0.15) is 5.75 Å². The van der Waals surface area contributed by atoms with Gasteiger partial charge in [-0.2, -0.15) is 5.10 Å². The van der Waals surface area contributed by atoms with Gasteiger partial charge < -0.3 is 9.84 Å². The van der Waals surface area contributed by atoms with E-state index in [9.17, 15) is 5.11 Å². The molecule has 0 bridgehead atoms. The fourth-order valence-corrected chi connectivity index (χ4v) is 3.08. The van der Waals surface area contributed by atoms with E-state index in [-0.39, 0.29) is 0 Å². The third kappa shape index (κ3) is 2.81. The van der Waals surface area contributed by atoms with Gasteiger partial charge in [0.25, 0.3) is 0 Å². The molecule has 0 aliphatic carbocycles. The number of fused-ring (bicyclic) bond motifs is 1. The van der Waals surface area contributed by atoms with Crippen molar-refractivity contribution >= 4 is 0 Å². The largest absolute Gasteiger partial charge is 0.493 e. The van der Waals surface area contributed by atoms with Gasteiger partial charge in [-0.25, -0.2) is 0 Å². The maximum Gasteiger partial charge on any atom is 0.122 e. The summed E-state index contributed by atoms with van der Waals surface area (Å²) in [6, 6.07) is 10.1. The lowest BCUT2D eigenvalue weighted by atomic mass is 9.87. The van der Waals surface area contributed by atoms with E-state index in [2.05, 4.69) is 18.1 Å². The summed E-state index contributed by atoms with van der Waals surface area (Å²) >= 11 is 0. The summed E-state index contributed by atoms with van der Waals surface area (Å²) in [5.41, 5.74) is 3.13. The van der Waals surface area contributed by atoms with Gasteiger partial charge in [-0.1, -0.05) is 25.1 Å². The second kappa shape index (κ2) is 5.90. The second-order valence-electron chi connectivity index (χ2n) is 5.66. The summed E-state index contributed by atoms with van der Waals surface area (Å²) in [4.78, 5) is 0. The number of hydrogen-bond acceptors (Lipinski definition) is 3. The summed E-state index contributed by atoms with van der Waals surface area (Å²) in [5.74, 6) is 1.30. The molecular formula is C17H22N2O2. The van der Waals surface area contributed by atoms with Crippen molar-refractivity contribution in [2.45, 2.75) is 38.2 Å². The average Bonchev–Trinajstić information content (AvgIpc) is 2.89. The highest BCUT2D eigenvalue weighted by Gasteiger charge is 2.25. The molecule has 2 heterocycles. The van der Waals surface area contributed by atoms with Crippen LogP contribution < -0.4 is 4.74 Å². The molecule has 112 valence electrons. The molecule has 1 aromatic heterocycles. The van der Waals surface area contributed by atoms with E-state index >= 15 is 0 Å². The monoisotopic (exact) mass is 286 g/mol. The first kappa shape index (κ1) is 14.1. The standard InChI is InChI=1S/C17H22N2O2/c1-3-13-11-15(19(2)18-13)16(20)10-12-8-9-21-17-7-5-4-6-14(12)17/h4-7,11-12,16,20H,3,8-10H2,1-2H3. The summed E-state index contributed by atoms with van der Waals surface area (Å²) in [6.45, 7) is 2.80. The number of ether oxygens (including phenoxy) is 1. The first-order valence-corrected chi connectivity index (χ1v) is 7.61. The van der Waals surface area contributed by atoms with E-state index in [1.165, 1.54) is 5.56 Å². The van der Waals surface area contributed by atoms with Gasteiger partial charge in [-0.15, -0.1) is 0 Å². The third-order valence-corrected chi connectivity index (χ3v) is 4.26. The van der Waals surface area contributed by atoms with Crippen LogP contribution in [0.4, 0.5) is 0 Å². The van der Waals surface area contributed by atoms with E-state index in [1.54, 1.807) is 4.68 Å². The van der Waals surface area contributed by atoms with Crippen molar-refractivity contribution in [3.8, 4) is 5.75 Å². The molecule has 0 fully saturated rings. The van der Waals surface area contributed by atoms with Crippen molar-refractivity contribution in [3.05, 3.63) is 47.3 Å². The van der Waals surface area contributed by atoms with E-state index in [0.29, 0.717) is 12.3 Å². The van der Waals surface area contributed by atoms with Gasteiger partial charge in [0.2, 0.25) is 0 Å². The van der Waals surface area contributed by atoms with Crippen LogP contribution in [0.1, 0.15) is 48.7 Å². The van der Waals surface area contributed by atoms with Gasteiger partial charge in [0.15, 0.2) is 0 Å². The summed E-state index contributed by atoms with van der Waals surface area (Å²) in [7, 11) is 1.90. The fourth-order valence-electron chi connectivity index (χ4n) is 3.08. The van der Waals surface area contributed by atoms with Gasteiger partial charge in [0.05, 0.1) is 24.1 Å². The SMILES string of the molecule is CCc1cc(C(O)CC2CCOc3ccccc32)n(C)n1. The van der Waals surface area contributed by atoms with Crippen molar-refractivity contribution in [2.75, 3.05) is 6.61 Å². The van der Waals surface area contributed by atoms with Crippen LogP contribution >= 0.6 is 0 Å². The van der Waals surface area contributed by atoms with Crippen LogP contribution in [0.5, 0.6) is 5.75 Å². The number of aliphatic hydroxyl groups excluding tert-OH is 1. The van der Waals surface area contributed by atoms with E-state index < -0.39 is 6.10 Å². The quantitative estimate of drug-likeness (QED) is 0.940. The molecule has 1 N–H and O–H groups in total. The summed E-state index contributed by atoms with van der Waals surface area (Å²) in [5, 5.41) is 15.0. The normalized spacial score (nSPS) is 18.9. The molecule has 4 nitrogen and oxygen atoms in total. The topological polar surface area (TPSA) is 47.3 Å². The zero-order chi connectivity index (χ0) is 14.8. The number of aliphatic hydroxyl groups is 1. The van der Waals surface area contributed by atoms with Gasteiger partial charge in [-0.05, 0) is 42.9 Å². The molecule has 2 atom stereocenters. The van der Waals surface area contributed by atoms with Gasteiger partial charge >= 0.3 is 0 Å². The van der Waals surface area contributed by atoms with Gasteiger partial charge in [-0.3, -0.25) is 4.68 Å². The van der Waals surface area contributed by atoms with Crippen molar-refractivity contribution in [1.82, 2.24) is 9.78 Å². The molecular weight excluding hydrogens is 264 g/mol. The predicted octanol–water partition coefficient (Wildman–Crippen LogP) is 2.97.